The fraction of sp³-hybridized carbons (Fsp3) is 0.783. The molecule has 0 saturated carbocycles. The van der Waals surface area contributed by atoms with Gasteiger partial charge < -0.3 is 23.3 Å². The van der Waals surface area contributed by atoms with Crippen LogP contribution >= 0.6 is 0 Å². The molecule has 0 radical (unpaired) electrons. The number of methoxy groups -OCH3 is 1. The lowest BCUT2D eigenvalue weighted by atomic mass is 9.98. The Morgan fingerprint density at radius 2 is 1.65 bits per heavy atom. The Morgan fingerprint density at radius 1 is 1.09 bits per heavy atom. The van der Waals surface area contributed by atoms with Crippen LogP contribution in [-0.4, -0.2) is 64.0 Å². The molecule has 0 spiro atoms. The van der Waals surface area contributed by atoms with Gasteiger partial charge in [-0.1, -0.05) is 41.5 Å². The topological polar surface area (TPSA) is 109 Å². The van der Waals surface area contributed by atoms with Gasteiger partial charge in [-0.2, -0.15) is 0 Å². The minimum Gasteiger partial charge on any atom is -0.413 e. The Labute approximate surface area is 204 Å². The van der Waals surface area contributed by atoms with Gasteiger partial charge in [0.05, 0.1) is 6.61 Å². The summed E-state index contributed by atoms with van der Waals surface area (Å²) in [5, 5.41) is -0.265. The van der Waals surface area contributed by atoms with Gasteiger partial charge in [0.15, 0.2) is 34.7 Å². The van der Waals surface area contributed by atoms with E-state index in [1.54, 1.807) is 0 Å². The van der Waals surface area contributed by atoms with E-state index in [-0.39, 0.29) is 16.7 Å². The summed E-state index contributed by atoms with van der Waals surface area (Å²) in [4.78, 5) is 40.5. The van der Waals surface area contributed by atoms with E-state index in [0.29, 0.717) is 6.29 Å². The molecule has 11 heteroatoms. The van der Waals surface area contributed by atoms with Crippen molar-refractivity contribution in [1.29, 1.82) is 0 Å². The molecule has 9 nitrogen and oxygen atoms in total. The number of carbonyl (C=O) groups excluding carboxylic acids is 1. The number of aromatic amines is 1. The van der Waals surface area contributed by atoms with Gasteiger partial charge in [-0.25, -0.2) is 9.36 Å². The van der Waals surface area contributed by atoms with Crippen LogP contribution in [0.1, 0.15) is 47.8 Å². The number of nitrogens with zero attached hydrogens (tertiary/aromatic N) is 1. The van der Waals surface area contributed by atoms with Crippen LogP contribution in [-0.2, 0) is 23.1 Å². The first-order valence-electron chi connectivity index (χ1n) is 11.6. The van der Waals surface area contributed by atoms with Crippen LogP contribution in [0.3, 0.4) is 0 Å². The van der Waals surface area contributed by atoms with Gasteiger partial charge in [0.2, 0.25) is 0 Å². The molecule has 1 aromatic rings. The Hall–Kier alpha value is -1.38. The second-order valence-electron chi connectivity index (χ2n) is 12.1. The van der Waals surface area contributed by atoms with Crippen LogP contribution in [0.15, 0.2) is 21.9 Å². The normalized spacial score (nSPS) is 26.6. The highest BCUT2D eigenvalue weighted by Crippen LogP contribution is 2.46. The van der Waals surface area contributed by atoms with Crippen LogP contribution in [0.25, 0.3) is 0 Å². The van der Waals surface area contributed by atoms with Crippen molar-refractivity contribution in [3.05, 3.63) is 33.1 Å². The van der Waals surface area contributed by atoms with Gasteiger partial charge in [0.25, 0.3) is 5.56 Å². The summed E-state index contributed by atoms with van der Waals surface area (Å²) in [5.74, 6) is 0. The van der Waals surface area contributed by atoms with E-state index in [0.717, 1.165) is 4.57 Å². The van der Waals surface area contributed by atoms with E-state index in [9.17, 15) is 14.4 Å². The second-order valence-corrected chi connectivity index (χ2v) is 21.7. The summed E-state index contributed by atoms with van der Waals surface area (Å²) in [6.45, 7) is 20.8. The molecule has 0 amide bonds. The number of nitrogens with one attached hydrogen (secondary N) is 1. The maximum atomic E-state index is 12.8. The third-order valence-electron chi connectivity index (χ3n) is 7.71. The van der Waals surface area contributed by atoms with Gasteiger partial charge >= 0.3 is 5.69 Å². The maximum absolute atomic E-state index is 12.8. The quantitative estimate of drug-likeness (QED) is 0.418. The van der Waals surface area contributed by atoms with Gasteiger partial charge in [-0.15, -0.1) is 0 Å². The monoisotopic (exact) mass is 514 g/mol. The molecule has 34 heavy (non-hydrogen) atoms. The van der Waals surface area contributed by atoms with Crippen molar-refractivity contribution < 1.29 is 23.1 Å². The molecular formula is C23H42N2O7Si2. The molecule has 1 fully saturated rings. The predicted octanol–water partition coefficient (Wildman–Crippen LogP) is 3.43. The Kier molecular flexibility index (Phi) is 8.14. The van der Waals surface area contributed by atoms with Crippen LogP contribution in [0.5, 0.6) is 0 Å². The third kappa shape index (κ3) is 5.39. The summed E-state index contributed by atoms with van der Waals surface area (Å²) in [7, 11) is -3.26. The highest BCUT2D eigenvalue weighted by molar-refractivity contribution is 6.74. The standard InChI is InChI=1S/C23H42N2O7Si2/c1-21(2,3)33(8,9)30-15-23(14-26)18(32-34(10,11)22(4,5)6)17(29-7)19(31-23)25-16(27)12-13-24-20(25)28/h12-14,17-19H,15H2,1-11H3,(H,24,28)/t17-,18+,19-,23-/m1/s1. The van der Waals surface area contributed by atoms with E-state index < -0.39 is 51.9 Å². The molecule has 1 N–H and O–H groups in total. The van der Waals surface area contributed by atoms with Crippen molar-refractivity contribution in [2.24, 2.45) is 0 Å². The fourth-order valence-corrected chi connectivity index (χ4v) is 5.66. The van der Waals surface area contributed by atoms with Crippen molar-refractivity contribution >= 4 is 22.9 Å². The zero-order valence-corrected chi connectivity index (χ0v) is 24.5. The first-order chi connectivity index (χ1) is 15.3. The summed E-state index contributed by atoms with van der Waals surface area (Å²) in [6, 6.07) is 1.23. The first kappa shape index (κ1) is 28.9. The lowest BCUT2D eigenvalue weighted by Crippen LogP contribution is -2.58. The number of aromatic nitrogens is 2. The van der Waals surface area contributed by atoms with E-state index in [4.69, 9.17) is 18.3 Å². The molecule has 1 aliphatic heterocycles. The van der Waals surface area contributed by atoms with Crippen LogP contribution in [0, 0.1) is 0 Å². The maximum Gasteiger partial charge on any atom is 0.330 e. The average Bonchev–Trinajstić information content (AvgIpc) is 2.97. The number of hydrogen-bond donors (Lipinski definition) is 1. The fourth-order valence-electron chi connectivity index (χ4n) is 3.32. The van der Waals surface area contributed by atoms with Gasteiger partial charge in [0.1, 0.15) is 12.2 Å². The SMILES string of the molecule is CO[C@H]1[C@H](n2c(=O)cc[nH]c2=O)O[C@](C=O)(CO[Si](C)(C)C(C)(C)C)[C@H]1O[Si](C)(C)C(C)(C)C. The number of hydrogen-bond acceptors (Lipinski definition) is 7. The minimum atomic E-state index is -2.44. The number of ether oxygens (including phenoxy) is 2. The molecular weight excluding hydrogens is 472 g/mol. The summed E-state index contributed by atoms with van der Waals surface area (Å²) in [6.07, 6.45) is -0.965. The molecule has 1 saturated heterocycles. The summed E-state index contributed by atoms with van der Waals surface area (Å²) in [5.41, 5.74) is -2.77. The van der Waals surface area contributed by atoms with Crippen molar-refractivity contribution in [3.63, 3.8) is 0 Å². The predicted molar refractivity (Wildman–Crippen MR) is 136 cm³/mol. The van der Waals surface area contributed by atoms with E-state index in [1.165, 1.54) is 19.4 Å². The third-order valence-corrected chi connectivity index (χ3v) is 16.6. The molecule has 2 rings (SSSR count). The molecule has 0 bridgehead atoms. The molecule has 0 aromatic carbocycles. The van der Waals surface area contributed by atoms with E-state index >= 15 is 0 Å². The zero-order chi connectivity index (χ0) is 26.3. The number of rotatable bonds is 8. The van der Waals surface area contributed by atoms with Crippen LogP contribution in [0.4, 0.5) is 0 Å². The number of H-pyrrole nitrogens is 1. The lowest BCUT2D eigenvalue weighted by molar-refractivity contribution is -0.150. The average molecular weight is 515 g/mol. The minimum absolute atomic E-state index is 0.0673. The molecule has 1 aliphatic rings. The van der Waals surface area contributed by atoms with Crippen molar-refractivity contribution in [2.45, 2.75) is 102 Å². The van der Waals surface area contributed by atoms with Gasteiger partial charge in [-0.3, -0.25) is 9.59 Å². The number of aldehydes is 1. The first-order valence-corrected chi connectivity index (χ1v) is 17.4. The molecule has 4 atom stereocenters. The van der Waals surface area contributed by atoms with Gasteiger partial charge in [-0.05, 0) is 36.3 Å². The zero-order valence-electron chi connectivity index (χ0n) is 22.5. The Balaban J connectivity index is 2.64. The highest BCUT2D eigenvalue weighted by atomic mass is 28.4. The largest absolute Gasteiger partial charge is 0.413 e. The molecule has 0 aliphatic carbocycles. The van der Waals surface area contributed by atoms with E-state index in [2.05, 4.69) is 72.7 Å². The molecule has 0 unspecified atom stereocenters. The van der Waals surface area contributed by atoms with Crippen molar-refractivity contribution in [1.82, 2.24) is 9.55 Å². The van der Waals surface area contributed by atoms with Gasteiger partial charge in [0, 0.05) is 19.4 Å². The van der Waals surface area contributed by atoms with E-state index in [1.807, 2.05) is 0 Å². The van der Waals surface area contributed by atoms with Crippen molar-refractivity contribution in [2.75, 3.05) is 13.7 Å². The Bertz CT molecular complexity index is 962. The smallest absolute Gasteiger partial charge is 0.330 e. The van der Waals surface area contributed by atoms with Crippen LogP contribution in [0.2, 0.25) is 36.3 Å². The lowest BCUT2D eigenvalue weighted by Gasteiger charge is -2.43. The molecule has 1 aromatic heterocycles. The highest BCUT2D eigenvalue weighted by Gasteiger charge is 2.61. The number of carbonyl (C=O) groups is 1. The summed E-state index contributed by atoms with van der Waals surface area (Å²) < 4.78 is 26.1. The van der Waals surface area contributed by atoms with Crippen molar-refractivity contribution in [3.8, 4) is 0 Å². The molecule has 194 valence electrons. The molecule has 2 heterocycles. The summed E-state index contributed by atoms with van der Waals surface area (Å²) >= 11 is 0. The second kappa shape index (κ2) is 9.59. The van der Waals surface area contributed by atoms with Crippen LogP contribution < -0.4 is 11.2 Å². The Morgan fingerprint density at radius 3 is 2.09 bits per heavy atom.